The van der Waals surface area contributed by atoms with Crippen LogP contribution in [-0.4, -0.2) is 25.3 Å². The Bertz CT molecular complexity index is 871. The summed E-state index contributed by atoms with van der Waals surface area (Å²) in [7, 11) is 0. The quantitative estimate of drug-likeness (QED) is 0.629. The van der Waals surface area contributed by atoms with Crippen LogP contribution >= 0.6 is 23.2 Å². The van der Waals surface area contributed by atoms with E-state index in [1.54, 1.807) is 0 Å². The number of benzene rings is 2. The Morgan fingerprint density at radius 2 is 1.96 bits per heavy atom. The highest BCUT2D eigenvalue weighted by atomic mass is 35.5. The van der Waals surface area contributed by atoms with E-state index in [2.05, 4.69) is 15.9 Å². The molecular weight excluding hydrogens is 383 g/mol. The van der Waals surface area contributed by atoms with Gasteiger partial charge in [0, 0.05) is 13.1 Å². The van der Waals surface area contributed by atoms with Crippen molar-refractivity contribution < 1.29 is 9.53 Å². The molecule has 0 bridgehead atoms. The van der Waals surface area contributed by atoms with Gasteiger partial charge in [0.1, 0.15) is 6.17 Å². The topological polar surface area (TPSA) is 32.8 Å². The molecule has 1 fully saturated rings. The van der Waals surface area contributed by atoms with Gasteiger partial charge in [0.05, 0.1) is 33.6 Å². The minimum atomic E-state index is -0.278. The second-order valence-electron chi connectivity index (χ2n) is 6.97. The molecule has 1 atom stereocenters. The standard InChI is InChI=1S/C21H22Cl2N2O2/c1-2-27-21(26)15-7-9-18-19(12-15)25(20-5-3-4-10-24(18)20)13-14-6-8-16(22)17(23)11-14/h6-9,11-12,20H,2-5,10,13H2,1H3. The van der Waals surface area contributed by atoms with Crippen molar-refractivity contribution in [2.75, 3.05) is 23.0 Å². The van der Waals surface area contributed by atoms with E-state index in [9.17, 15) is 4.79 Å². The minimum Gasteiger partial charge on any atom is -0.462 e. The van der Waals surface area contributed by atoms with Crippen LogP contribution in [0.5, 0.6) is 0 Å². The predicted molar refractivity (Wildman–Crippen MR) is 110 cm³/mol. The highest BCUT2D eigenvalue weighted by Crippen LogP contribution is 2.44. The molecule has 4 nitrogen and oxygen atoms in total. The summed E-state index contributed by atoms with van der Waals surface area (Å²) in [5.41, 5.74) is 3.96. The van der Waals surface area contributed by atoms with Crippen molar-refractivity contribution in [3.05, 3.63) is 57.6 Å². The molecule has 0 aromatic heterocycles. The largest absolute Gasteiger partial charge is 0.462 e. The molecule has 2 aromatic carbocycles. The maximum Gasteiger partial charge on any atom is 0.338 e. The molecular formula is C21H22Cl2N2O2. The maximum absolute atomic E-state index is 12.2. The van der Waals surface area contributed by atoms with Gasteiger partial charge in [0.15, 0.2) is 0 Å². The van der Waals surface area contributed by atoms with Crippen LogP contribution in [0.3, 0.4) is 0 Å². The summed E-state index contributed by atoms with van der Waals surface area (Å²) < 4.78 is 5.19. The third kappa shape index (κ3) is 3.48. The van der Waals surface area contributed by atoms with Crippen LogP contribution < -0.4 is 9.80 Å². The van der Waals surface area contributed by atoms with E-state index in [1.165, 1.54) is 18.5 Å². The van der Waals surface area contributed by atoms with Crippen molar-refractivity contribution in [2.45, 2.75) is 38.9 Å². The molecule has 6 heteroatoms. The Kier molecular flexibility index (Phi) is 5.20. The lowest BCUT2D eigenvalue weighted by atomic mass is 10.1. The number of rotatable bonds is 4. The number of fused-ring (bicyclic) bond motifs is 3. The first-order valence-corrected chi connectivity index (χ1v) is 10.1. The fraction of sp³-hybridized carbons (Fsp3) is 0.381. The Morgan fingerprint density at radius 3 is 2.74 bits per heavy atom. The van der Waals surface area contributed by atoms with Crippen LogP contribution in [0.4, 0.5) is 11.4 Å². The lowest BCUT2D eigenvalue weighted by molar-refractivity contribution is 0.0526. The number of hydrogen-bond donors (Lipinski definition) is 0. The first-order valence-electron chi connectivity index (χ1n) is 9.37. The highest BCUT2D eigenvalue weighted by molar-refractivity contribution is 6.42. The maximum atomic E-state index is 12.2. The van der Waals surface area contributed by atoms with Crippen molar-refractivity contribution in [1.82, 2.24) is 0 Å². The SMILES string of the molecule is CCOC(=O)c1ccc2c(c1)N(Cc1ccc(Cl)c(Cl)c1)C1CCCCN21. The van der Waals surface area contributed by atoms with Gasteiger partial charge < -0.3 is 14.5 Å². The van der Waals surface area contributed by atoms with E-state index >= 15 is 0 Å². The number of ether oxygens (including phenoxy) is 1. The van der Waals surface area contributed by atoms with E-state index in [4.69, 9.17) is 27.9 Å². The second kappa shape index (κ2) is 7.61. The van der Waals surface area contributed by atoms with Gasteiger partial charge in [-0.2, -0.15) is 0 Å². The van der Waals surface area contributed by atoms with Gasteiger partial charge >= 0.3 is 5.97 Å². The number of piperidine rings is 1. The summed E-state index contributed by atoms with van der Waals surface area (Å²) >= 11 is 12.3. The molecule has 1 saturated heterocycles. The van der Waals surface area contributed by atoms with E-state index in [1.807, 2.05) is 37.3 Å². The number of halogens is 2. The second-order valence-corrected chi connectivity index (χ2v) is 7.78. The van der Waals surface area contributed by atoms with E-state index in [0.717, 1.165) is 30.8 Å². The first kappa shape index (κ1) is 18.5. The third-order valence-corrected chi connectivity index (χ3v) is 6.01. The van der Waals surface area contributed by atoms with Crippen LogP contribution in [0, 0.1) is 0 Å². The van der Waals surface area contributed by atoms with Crippen LogP contribution in [0.2, 0.25) is 10.0 Å². The fourth-order valence-electron chi connectivity index (χ4n) is 4.04. The van der Waals surface area contributed by atoms with Gasteiger partial charge in [0.25, 0.3) is 0 Å². The number of carbonyl (C=O) groups is 1. The Labute approximate surface area is 169 Å². The average molecular weight is 405 g/mol. The summed E-state index contributed by atoms with van der Waals surface area (Å²) in [6.45, 7) is 3.95. The molecule has 2 heterocycles. The van der Waals surface area contributed by atoms with Crippen molar-refractivity contribution in [3.8, 4) is 0 Å². The molecule has 0 aliphatic carbocycles. The van der Waals surface area contributed by atoms with Crippen molar-refractivity contribution in [1.29, 1.82) is 0 Å². The number of anilines is 2. The first-order chi connectivity index (χ1) is 13.1. The summed E-state index contributed by atoms with van der Waals surface area (Å²) in [6, 6.07) is 11.6. The molecule has 2 aliphatic rings. The van der Waals surface area contributed by atoms with Crippen LogP contribution in [0.1, 0.15) is 42.1 Å². The summed E-state index contributed by atoms with van der Waals surface area (Å²) in [4.78, 5) is 17.0. The molecule has 0 amide bonds. The van der Waals surface area contributed by atoms with Crippen LogP contribution in [0.25, 0.3) is 0 Å². The van der Waals surface area contributed by atoms with Gasteiger partial charge in [-0.25, -0.2) is 4.79 Å². The van der Waals surface area contributed by atoms with Gasteiger partial charge in [-0.1, -0.05) is 29.3 Å². The van der Waals surface area contributed by atoms with E-state index in [0.29, 0.717) is 28.4 Å². The monoisotopic (exact) mass is 404 g/mol. The zero-order chi connectivity index (χ0) is 19.0. The molecule has 142 valence electrons. The summed E-state index contributed by atoms with van der Waals surface area (Å²) in [6.07, 6.45) is 3.80. The van der Waals surface area contributed by atoms with E-state index < -0.39 is 0 Å². The van der Waals surface area contributed by atoms with E-state index in [-0.39, 0.29) is 5.97 Å². The lowest BCUT2D eigenvalue weighted by Gasteiger charge is -2.36. The predicted octanol–water partition coefficient (Wildman–Crippen LogP) is 5.51. The molecule has 2 aromatic rings. The fourth-order valence-corrected chi connectivity index (χ4v) is 4.36. The zero-order valence-electron chi connectivity index (χ0n) is 15.3. The van der Waals surface area contributed by atoms with Gasteiger partial charge in [0.2, 0.25) is 0 Å². The lowest BCUT2D eigenvalue weighted by Crippen LogP contribution is -2.45. The highest BCUT2D eigenvalue weighted by Gasteiger charge is 2.37. The van der Waals surface area contributed by atoms with Gasteiger partial charge in [-0.15, -0.1) is 0 Å². The smallest absolute Gasteiger partial charge is 0.338 e. The van der Waals surface area contributed by atoms with Crippen LogP contribution in [-0.2, 0) is 11.3 Å². The Morgan fingerprint density at radius 1 is 1.11 bits per heavy atom. The molecule has 0 radical (unpaired) electrons. The Hall–Kier alpha value is -1.91. The number of carbonyl (C=O) groups excluding carboxylic acids is 1. The average Bonchev–Trinajstić information content (AvgIpc) is 2.98. The molecule has 0 spiro atoms. The zero-order valence-corrected chi connectivity index (χ0v) is 16.8. The Balaban J connectivity index is 1.70. The summed E-state index contributed by atoms with van der Waals surface area (Å²) in [5.74, 6) is -0.278. The molecule has 4 rings (SSSR count). The van der Waals surface area contributed by atoms with Crippen molar-refractivity contribution in [3.63, 3.8) is 0 Å². The molecule has 0 N–H and O–H groups in total. The van der Waals surface area contributed by atoms with Gasteiger partial charge in [-0.05, 0) is 62.1 Å². The molecule has 2 aliphatic heterocycles. The molecule has 27 heavy (non-hydrogen) atoms. The molecule has 0 saturated carbocycles. The number of nitrogens with zero attached hydrogens (tertiary/aromatic N) is 2. The number of hydrogen-bond acceptors (Lipinski definition) is 4. The van der Waals surface area contributed by atoms with Gasteiger partial charge in [-0.3, -0.25) is 0 Å². The molecule has 1 unspecified atom stereocenters. The van der Waals surface area contributed by atoms with Crippen LogP contribution in [0.15, 0.2) is 36.4 Å². The normalized spacial score (nSPS) is 18.3. The van der Waals surface area contributed by atoms with Crippen molar-refractivity contribution in [2.24, 2.45) is 0 Å². The number of esters is 1. The minimum absolute atomic E-state index is 0.278. The van der Waals surface area contributed by atoms with Crippen molar-refractivity contribution >= 4 is 40.5 Å². The summed E-state index contributed by atoms with van der Waals surface area (Å²) in [5, 5.41) is 1.13. The third-order valence-electron chi connectivity index (χ3n) is 5.27.